The van der Waals surface area contributed by atoms with E-state index in [0.29, 0.717) is 37.5 Å². The first kappa shape index (κ1) is 17.6. The maximum Gasteiger partial charge on any atom is 0.257 e. The molecule has 3 heterocycles. The smallest absolute Gasteiger partial charge is 0.257 e. The summed E-state index contributed by atoms with van der Waals surface area (Å²) >= 11 is 0. The van der Waals surface area contributed by atoms with E-state index in [2.05, 4.69) is 5.10 Å². The zero-order valence-electron chi connectivity index (χ0n) is 15.6. The molecular weight excluding hydrogens is 344 g/mol. The Hall–Kier alpha value is -2.83. The Morgan fingerprint density at radius 2 is 1.59 bits per heavy atom. The molecule has 2 aromatic rings. The first-order chi connectivity index (χ1) is 13.2. The summed E-state index contributed by atoms with van der Waals surface area (Å²) in [4.78, 5) is 29.4. The summed E-state index contributed by atoms with van der Waals surface area (Å²) in [5.74, 6) is 0.553. The van der Waals surface area contributed by atoms with Crippen LogP contribution in [-0.4, -0.2) is 64.7 Å². The van der Waals surface area contributed by atoms with Gasteiger partial charge in [0, 0.05) is 32.7 Å². The predicted molar refractivity (Wildman–Crippen MR) is 100.0 cm³/mol. The molecule has 7 heteroatoms. The lowest BCUT2D eigenvalue weighted by molar-refractivity contribution is 0.0532. The third kappa shape index (κ3) is 3.29. The first-order valence-electron chi connectivity index (χ1n) is 9.45. The lowest BCUT2D eigenvalue weighted by Gasteiger charge is -2.35. The van der Waals surface area contributed by atoms with Gasteiger partial charge in [-0.1, -0.05) is 12.1 Å². The highest BCUT2D eigenvalue weighted by Crippen LogP contribution is 2.22. The molecule has 0 spiro atoms. The van der Waals surface area contributed by atoms with Crippen molar-refractivity contribution in [3.8, 4) is 5.75 Å². The predicted octanol–water partition coefficient (Wildman–Crippen LogP) is 1.83. The molecule has 1 fully saturated rings. The zero-order valence-corrected chi connectivity index (χ0v) is 15.6. The van der Waals surface area contributed by atoms with Gasteiger partial charge in [-0.2, -0.15) is 5.10 Å². The summed E-state index contributed by atoms with van der Waals surface area (Å²) in [7, 11) is 1.56. The minimum Gasteiger partial charge on any atom is -0.496 e. The summed E-state index contributed by atoms with van der Waals surface area (Å²) in [6.07, 6.45) is 4.84. The summed E-state index contributed by atoms with van der Waals surface area (Å²) < 4.78 is 7.25. The number of fused-ring (bicyclic) bond motifs is 1. The molecule has 142 valence electrons. The van der Waals surface area contributed by atoms with Crippen LogP contribution in [-0.2, 0) is 13.0 Å². The van der Waals surface area contributed by atoms with Gasteiger partial charge in [0.25, 0.3) is 11.8 Å². The highest BCUT2D eigenvalue weighted by molar-refractivity contribution is 5.98. The summed E-state index contributed by atoms with van der Waals surface area (Å²) in [6, 6.07) is 7.24. The van der Waals surface area contributed by atoms with Crippen molar-refractivity contribution in [2.24, 2.45) is 0 Å². The number of rotatable bonds is 3. The standard InChI is InChI=1S/C20H24N4O3/c1-27-18-8-3-2-6-15(18)19(25)22-10-12-23(13-11-22)20(26)16-14-21-24-9-5-4-7-17(16)24/h2-3,6,8,14H,4-5,7,9-13H2,1H3. The van der Waals surface area contributed by atoms with Crippen LogP contribution in [0.3, 0.4) is 0 Å². The van der Waals surface area contributed by atoms with E-state index >= 15 is 0 Å². The van der Waals surface area contributed by atoms with Gasteiger partial charge in [0.15, 0.2) is 0 Å². The Balaban J connectivity index is 1.42. The fraction of sp³-hybridized carbons (Fsp3) is 0.450. The van der Waals surface area contributed by atoms with Gasteiger partial charge in [-0.25, -0.2) is 0 Å². The number of piperazine rings is 1. The van der Waals surface area contributed by atoms with E-state index in [-0.39, 0.29) is 11.8 Å². The number of hydrogen-bond acceptors (Lipinski definition) is 4. The normalized spacial score (nSPS) is 16.8. The first-order valence-corrected chi connectivity index (χ1v) is 9.45. The topological polar surface area (TPSA) is 67.7 Å². The molecule has 0 N–H and O–H groups in total. The van der Waals surface area contributed by atoms with Gasteiger partial charge in [0.05, 0.1) is 30.1 Å². The van der Waals surface area contributed by atoms with Crippen LogP contribution in [0, 0.1) is 0 Å². The Bertz CT molecular complexity index is 853. The van der Waals surface area contributed by atoms with Crippen molar-refractivity contribution in [1.29, 1.82) is 0 Å². The number of aromatic nitrogens is 2. The number of carbonyl (C=O) groups excluding carboxylic acids is 2. The Morgan fingerprint density at radius 3 is 2.30 bits per heavy atom. The summed E-state index contributed by atoms with van der Waals surface area (Å²) in [5.41, 5.74) is 2.34. The lowest BCUT2D eigenvalue weighted by Crippen LogP contribution is -2.50. The molecule has 0 atom stereocenters. The molecule has 1 aromatic heterocycles. The van der Waals surface area contributed by atoms with Crippen molar-refractivity contribution in [3.05, 3.63) is 47.3 Å². The van der Waals surface area contributed by atoms with Gasteiger partial charge in [0.2, 0.25) is 0 Å². The Morgan fingerprint density at radius 1 is 0.926 bits per heavy atom. The molecule has 0 bridgehead atoms. The van der Waals surface area contributed by atoms with Crippen molar-refractivity contribution in [2.75, 3.05) is 33.3 Å². The van der Waals surface area contributed by atoms with Gasteiger partial charge < -0.3 is 14.5 Å². The third-order valence-corrected chi connectivity index (χ3v) is 5.40. The second-order valence-corrected chi connectivity index (χ2v) is 6.97. The van der Waals surface area contributed by atoms with Gasteiger partial charge >= 0.3 is 0 Å². The number of carbonyl (C=O) groups is 2. The monoisotopic (exact) mass is 368 g/mol. The second-order valence-electron chi connectivity index (χ2n) is 6.97. The fourth-order valence-electron chi connectivity index (χ4n) is 3.87. The third-order valence-electron chi connectivity index (χ3n) is 5.40. The van der Waals surface area contributed by atoms with Crippen LogP contribution in [0.2, 0.25) is 0 Å². The Kier molecular flexibility index (Phi) is 4.83. The summed E-state index contributed by atoms with van der Waals surface area (Å²) in [5, 5.41) is 4.37. The average Bonchev–Trinajstić information content (AvgIpc) is 3.17. The molecule has 2 amide bonds. The maximum atomic E-state index is 12.9. The van der Waals surface area contributed by atoms with E-state index in [0.717, 1.165) is 37.1 Å². The number of amides is 2. The van der Waals surface area contributed by atoms with E-state index in [1.165, 1.54) is 0 Å². The van der Waals surface area contributed by atoms with E-state index in [9.17, 15) is 9.59 Å². The number of aryl methyl sites for hydroxylation is 1. The minimum absolute atomic E-state index is 0.0301. The van der Waals surface area contributed by atoms with E-state index in [1.807, 2.05) is 21.7 Å². The van der Waals surface area contributed by atoms with Crippen LogP contribution in [0.15, 0.2) is 30.5 Å². The van der Waals surface area contributed by atoms with Crippen LogP contribution in [0.25, 0.3) is 0 Å². The number of hydrogen-bond donors (Lipinski definition) is 0. The SMILES string of the molecule is COc1ccccc1C(=O)N1CCN(C(=O)c2cnn3c2CCCC3)CC1. The molecule has 0 saturated carbocycles. The van der Waals surface area contributed by atoms with Crippen molar-refractivity contribution in [2.45, 2.75) is 25.8 Å². The fourth-order valence-corrected chi connectivity index (χ4v) is 3.87. The average molecular weight is 368 g/mol. The van der Waals surface area contributed by atoms with Crippen LogP contribution < -0.4 is 4.74 Å². The highest BCUT2D eigenvalue weighted by atomic mass is 16.5. The maximum absolute atomic E-state index is 12.9. The second kappa shape index (κ2) is 7.42. The lowest BCUT2D eigenvalue weighted by atomic mass is 10.1. The number of nitrogens with zero attached hydrogens (tertiary/aromatic N) is 4. The van der Waals surface area contributed by atoms with Gasteiger partial charge in [-0.15, -0.1) is 0 Å². The van der Waals surface area contributed by atoms with E-state index < -0.39 is 0 Å². The minimum atomic E-state index is -0.0533. The molecule has 0 unspecified atom stereocenters. The molecule has 2 aliphatic rings. The molecular formula is C20H24N4O3. The van der Waals surface area contributed by atoms with Gasteiger partial charge in [-0.05, 0) is 31.4 Å². The number of benzene rings is 1. The van der Waals surface area contributed by atoms with E-state index in [1.54, 1.807) is 30.3 Å². The van der Waals surface area contributed by atoms with Crippen LogP contribution in [0.4, 0.5) is 0 Å². The molecule has 0 aliphatic carbocycles. The highest BCUT2D eigenvalue weighted by Gasteiger charge is 2.29. The molecule has 1 saturated heterocycles. The van der Waals surface area contributed by atoms with Crippen molar-refractivity contribution >= 4 is 11.8 Å². The molecule has 4 rings (SSSR count). The Labute approximate surface area is 158 Å². The number of methoxy groups -OCH3 is 1. The van der Waals surface area contributed by atoms with Crippen LogP contribution in [0.5, 0.6) is 5.75 Å². The van der Waals surface area contributed by atoms with Crippen molar-refractivity contribution in [1.82, 2.24) is 19.6 Å². The molecule has 7 nitrogen and oxygen atoms in total. The van der Waals surface area contributed by atoms with Crippen LogP contribution in [0.1, 0.15) is 39.3 Å². The van der Waals surface area contributed by atoms with Crippen molar-refractivity contribution < 1.29 is 14.3 Å². The number of para-hydroxylation sites is 1. The zero-order chi connectivity index (χ0) is 18.8. The van der Waals surface area contributed by atoms with Gasteiger partial charge in [-0.3, -0.25) is 14.3 Å². The van der Waals surface area contributed by atoms with Crippen LogP contribution >= 0.6 is 0 Å². The largest absolute Gasteiger partial charge is 0.496 e. The summed E-state index contributed by atoms with van der Waals surface area (Å²) in [6.45, 7) is 3.00. The van der Waals surface area contributed by atoms with Gasteiger partial charge in [0.1, 0.15) is 5.75 Å². The number of ether oxygens (including phenoxy) is 1. The molecule has 0 radical (unpaired) electrons. The van der Waals surface area contributed by atoms with Crippen molar-refractivity contribution in [3.63, 3.8) is 0 Å². The molecule has 1 aromatic carbocycles. The van der Waals surface area contributed by atoms with E-state index in [4.69, 9.17) is 4.74 Å². The molecule has 27 heavy (non-hydrogen) atoms. The quantitative estimate of drug-likeness (QED) is 0.829. The molecule has 2 aliphatic heterocycles.